The molecule has 0 saturated carbocycles. The summed E-state index contributed by atoms with van der Waals surface area (Å²) in [4.78, 5) is 71.5. The van der Waals surface area contributed by atoms with Crippen LogP contribution in [0.4, 0.5) is 4.79 Å². The fourth-order valence-electron chi connectivity index (χ4n) is 2.39. The lowest BCUT2D eigenvalue weighted by atomic mass is 10.2. The number of esters is 1. The predicted molar refractivity (Wildman–Crippen MR) is 122 cm³/mol. The summed E-state index contributed by atoms with van der Waals surface area (Å²) in [6.45, 7) is 3.68. The van der Waals surface area contributed by atoms with Gasteiger partial charge in [0.25, 0.3) is 11.8 Å². The Hall–Kier alpha value is -4.42. The van der Waals surface area contributed by atoms with Crippen LogP contribution in [0.2, 0.25) is 0 Å². The molecule has 1 rings (SSSR count). The van der Waals surface area contributed by atoms with Crippen LogP contribution in [0.3, 0.4) is 0 Å². The molecule has 0 aliphatic rings. The van der Waals surface area contributed by atoms with E-state index in [1.165, 1.54) is 13.8 Å². The molecular formula is C22H29N5O8. The first-order chi connectivity index (χ1) is 16.5. The SMILES string of the molecule is CCOC(=O)/C=C/C(=O)N(CC(N)=O)NC(=O)[C@H](C)NC(=O)[C@H](C)NC(=O)OCc1ccccc1. The van der Waals surface area contributed by atoms with E-state index in [0.29, 0.717) is 5.01 Å². The van der Waals surface area contributed by atoms with Gasteiger partial charge in [0.05, 0.1) is 6.61 Å². The zero-order chi connectivity index (χ0) is 26.4. The van der Waals surface area contributed by atoms with Crippen LogP contribution in [0.5, 0.6) is 0 Å². The zero-order valence-electron chi connectivity index (χ0n) is 19.6. The number of carbonyl (C=O) groups excluding carboxylic acids is 6. The van der Waals surface area contributed by atoms with Crippen molar-refractivity contribution < 1.29 is 38.2 Å². The number of amides is 5. The van der Waals surface area contributed by atoms with Crippen LogP contribution in [-0.4, -0.2) is 65.9 Å². The van der Waals surface area contributed by atoms with Crippen LogP contribution in [0.25, 0.3) is 0 Å². The lowest BCUT2D eigenvalue weighted by Crippen LogP contribution is -2.56. The number of nitrogens with one attached hydrogen (secondary N) is 3. The molecule has 1 aromatic carbocycles. The van der Waals surface area contributed by atoms with Gasteiger partial charge in [-0.05, 0) is 26.3 Å². The Balaban J connectivity index is 2.60. The van der Waals surface area contributed by atoms with E-state index in [1.807, 2.05) is 6.07 Å². The Bertz CT molecular complexity index is 950. The maximum absolute atomic E-state index is 12.4. The van der Waals surface area contributed by atoms with Crippen molar-refractivity contribution in [2.75, 3.05) is 13.2 Å². The Morgan fingerprint density at radius 1 is 0.943 bits per heavy atom. The van der Waals surface area contributed by atoms with Gasteiger partial charge in [-0.25, -0.2) is 14.6 Å². The summed E-state index contributed by atoms with van der Waals surface area (Å²) in [7, 11) is 0. The molecule has 0 spiro atoms. The summed E-state index contributed by atoms with van der Waals surface area (Å²) in [5.41, 5.74) is 8.00. The average Bonchev–Trinajstić information content (AvgIpc) is 2.81. The molecule has 0 fully saturated rings. The Morgan fingerprint density at radius 2 is 1.57 bits per heavy atom. The lowest BCUT2D eigenvalue weighted by molar-refractivity contribution is -0.142. The minimum absolute atomic E-state index is 0.00810. The lowest BCUT2D eigenvalue weighted by Gasteiger charge is -2.24. The molecule has 0 unspecified atom stereocenters. The van der Waals surface area contributed by atoms with E-state index >= 15 is 0 Å². The quantitative estimate of drug-likeness (QED) is 0.177. The molecule has 5 amide bonds. The number of alkyl carbamates (subject to hydrolysis) is 1. The zero-order valence-corrected chi connectivity index (χ0v) is 19.6. The van der Waals surface area contributed by atoms with Crippen molar-refractivity contribution in [3.05, 3.63) is 48.0 Å². The molecule has 13 heteroatoms. The Labute approximate surface area is 201 Å². The van der Waals surface area contributed by atoms with Crippen molar-refractivity contribution >= 4 is 35.7 Å². The van der Waals surface area contributed by atoms with Gasteiger partial charge < -0.3 is 25.8 Å². The topological polar surface area (TPSA) is 186 Å². The Kier molecular flexibility index (Phi) is 12.0. The van der Waals surface area contributed by atoms with Gasteiger partial charge in [0.1, 0.15) is 25.2 Å². The number of rotatable bonds is 11. The predicted octanol–water partition coefficient (Wildman–Crippen LogP) is -0.730. The number of primary amides is 1. The van der Waals surface area contributed by atoms with Crippen molar-refractivity contribution in [2.24, 2.45) is 5.73 Å². The first kappa shape index (κ1) is 28.6. The third-order valence-corrected chi connectivity index (χ3v) is 4.17. The molecule has 0 aliphatic heterocycles. The summed E-state index contributed by atoms with van der Waals surface area (Å²) >= 11 is 0. The molecule has 190 valence electrons. The Morgan fingerprint density at radius 3 is 2.17 bits per heavy atom. The van der Waals surface area contributed by atoms with Gasteiger partial charge in [0.15, 0.2) is 0 Å². The van der Waals surface area contributed by atoms with Gasteiger partial charge in [0, 0.05) is 12.2 Å². The van der Waals surface area contributed by atoms with Gasteiger partial charge in [-0.3, -0.25) is 24.6 Å². The van der Waals surface area contributed by atoms with Crippen LogP contribution in [-0.2, 0) is 40.1 Å². The normalized spacial score (nSPS) is 12.1. The molecule has 0 saturated heterocycles. The highest BCUT2D eigenvalue weighted by Gasteiger charge is 2.24. The van der Waals surface area contributed by atoms with Crippen molar-refractivity contribution in [3.63, 3.8) is 0 Å². The smallest absolute Gasteiger partial charge is 0.408 e. The first-order valence-electron chi connectivity index (χ1n) is 10.6. The molecule has 2 atom stereocenters. The third-order valence-electron chi connectivity index (χ3n) is 4.17. The number of benzene rings is 1. The first-order valence-corrected chi connectivity index (χ1v) is 10.6. The summed E-state index contributed by atoms with van der Waals surface area (Å²) in [5.74, 6) is -4.24. The highest BCUT2D eigenvalue weighted by molar-refractivity contribution is 5.98. The summed E-state index contributed by atoms with van der Waals surface area (Å²) < 4.78 is 9.68. The second kappa shape index (κ2) is 14.7. The highest BCUT2D eigenvalue weighted by Crippen LogP contribution is 2.01. The molecule has 0 heterocycles. The van der Waals surface area contributed by atoms with Crippen LogP contribution in [0.1, 0.15) is 26.3 Å². The minimum atomic E-state index is -1.18. The van der Waals surface area contributed by atoms with Gasteiger partial charge in [0.2, 0.25) is 11.8 Å². The van der Waals surface area contributed by atoms with Gasteiger partial charge in [-0.2, -0.15) is 0 Å². The standard InChI is InChI=1S/C22H29N5O8/c1-4-34-19(30)11-10-18(29)27(12-17(23)28)26-21(32)15(3)24-20(31)14(2)25-22(33)35-13-16-8-6-5-7-9-16/h5-11,14-15H,4,12-13H2,1-3H3,(H2,23,28)(H,24,31)(H,25,33)(H,26,32)/b11-10+/t14-,15-/m0/s1. The van der Waals surface area contributed by atoms with E-state index in [4.69, 9.17) is 10.5 Å². The third kappa shape index (κ3) is 11.3. The monoisotopic (exact) mass is 491 g/mol. The minimum Gasteiger partial charge on any atom is -0.463 e. The van der Waals surface area contributed by atoms with Crippen molar-refractivity contribution in [2.45, 2.75) is 39.5 Å². The van der Waals surface area contributed by atoms with Crippen LogP contribution >= 0.6 is 0 Å². The van der Waals surface area contributed by atoms with E-state index in [0.717, 1.165) is 17.7 Å². The van der Waals surface area contributed by atoms with E-state index in [9.17, 15) is 28.8 Å². The summed E-state index contributed by atoms with van der Waals surface area (Å²) in [5, 5.41) is 5.26. The van der Waals surface area contributed by atoms with E-state index in [-0.39, 0.29) is 13.2 Å². The van der Waals surface area contributed by atoms with Crippen LogP contribution in [0.15, 0.2) is 42.5 Å². The van der Waals surface area contributed by atoms with E-state index in [2.05, 4.69) is 20.8 Å². The van der Waals surface area contributed by atoms with E-state index < -0.39 is 54.3 Å². The molecule has 1 aromatic rings. The second-order valence-electron chi connectivity index (χ2n) is 7.11. The molecule has 0 radical (unpaired) electrons. The largest absolute Gasteiger partial charge is 0.463 e. The average molecular weight is 492 g/mol. The molecule has 13 nitrogen and oxygen atoms in total. The van der Waals surface area contributed by atoms with Gasteiger partial charge >= 0.3 is 12.1 Å². The van der Waals surface area contributed by atoms with Crippen molar-refractivity contribution in [1.82, 2.24) is 21.1 Å². The molecule has 5 N–H and O–H groups in total. The van der Waals surface area contributed by atoms with Crippen LogP contribution < -0.4 is 21.8 Å². The number of hydrazine groups is 1. The molecule has 0 aromatic heterocycles. The highest BCUT2D eigenvalue weighted by atomic mass is 16.5. The van der Waals surface area contributed by atoms with E-state index in [1.54, 1.807) is 31.2 Å². The number of carbonyl (C=O) groups is 6. The molecular weight excluding hydrogens is 462 g/mol. The maximum Gasteiger partial charge on any atom is 0.408 e. The number of hydrogen-bond acceptors (Lipinski definition) is 8. The molecule has 0 bridgehead atoms. The van der Waals surface area contributed by atoms with Gasteiger partial charge in [-0.15, -0.1) is 0 Å². The number of nitrogens with two attached hydrogens (primary N) is 1. The fraction of sp³-hybridized carbons (Fsp3) is 0.364. The van der Waals surface area contributed by atoms with Crippen LogP contribution in [0, 0.1) is 0 Å². The number of nitrogens with zero attached hydrogens (tertiary/aromatic N) is 1. The number of hydrogen-bond donors (Lipinski definition) is 4. The molecule has 0 aliphatic carbocycles. The number of ether oxygens (including phenoxy) is 2. The van der Waals surface area contributed by atoms with Crippen molar-refractivity contribution in [3.8, 4) is 0 Å². The fourth-order valence-corrected chi connectivity index (χ4v) is 2.39. The van der Waals surface area contributed by atoms with Gasteiger partial charge in [-0.1, -0.05) is 30.3 Å². The summed E-state index contributed by atoms with van der Waals surface area (Å²) in [6.07, 6.45) is 0.777. The summed E-state index contributed by atoms with van der Waals surface area (Å²) in [6, 6.07) is 6.69. The maximum atomic E-state index is 12.4. The molecule has 35 heavy (non-hydrogen) atoms. The second-order valence-corrected chi connectivity index (χ2v) is 7.11. The van der Waals surface area contributed by atoms with Crippen molar-refractivity contribution in [1.29, 1.82) is 0 Å².